The fourth-order valence-electron chi connectivity index (χ4n) is 2.60. The van der Waals surface area contributed by atoms with Crippen LogP contribution in [0.25, 0.3) is 11.5 Å². The van der Waals surface area contributed by atoms with E-state index in [9.17, 15) is 4.79 Å². The molecule has 0 aliphatic carbocycles. The number of rotatable bonds is 8. The fourth-order valence-corrected chi connectivity index (χ4v) is 3.71. The van der Waals surface area contributed by atoms with Crippen molar-refractivity contribution in [2.75, 3.05) is 6.54 Å². The van der Waals surface area contributed by atoms with Crippen LogP contribution < -0.4 is 0 Å². The number of carbonyl (C=O) groups excluding carboxylic acids is 1. The van der Waals surface area contributed by atoms with Gasteiger partial charge in [-0.25, -0.2) is 0 Å². The van der Waals surface area contributed by atoms with E-state index in [1.807, 2.05) is 54.3 Å². The van der Waals surface area contributed by atoms with Crippen LogP contribution in [0.2, 0.25) is 4.34 Å². The summed E-state index contributed by atoms with van der Waals surface area (Å²) in [5, 5.41) is 8.14. The van der Waals surface area contributed by atoms with E-state index in [2.05, 4.69) is 10.2 Å². The number of amides is 1. The van der Waals surface area contributed by atoms with Crippen molar-refractivity contribution in [2.24, 2.45) is 0 Å². The number of hydrogen-bond donors (Lipinski definition) is 0. The summed E-state index contributed by atoms with van der Waals surface area (Å²) in [6, 6.07) is 13.5. The Labute approximate surface area is 161 Å². The van der Waals surface area contributed by atoms with Crippen LogP contribution in [0.1, 0.15) is 30.5 Å². The quantitative estimate of drug-likeness (QED) is 0.554. The number of benzene rings is 1. The molecule has 3 aromatic rings. The third-order valence-electron chi connectivity index (χ3n) is 3.98. The molecule has 2 aromatic heterocycles. The van der Waals surface area contributed by atoms with E-state index >= 15 is 0 Å². The Kier molecular flexibility index (Phi) is 6.41. The molecule has 26 heavy (non-hydrogen) atoms. The molecular weight excluding hydrogens is 370 g/mol. The second-order valence-corrected chi connectivity index (χ2v) is 7.63. The molecule has 0 bridgehead atoms. The Hall–Kier alpha value is -2.18. The van der Waals surface area contributed by atoms with E-state index in [-0.39, 0.29) is 5.91 Å². The van der Waals surface area contributed by atoms with Crippen LogP contribution in [0.4, 0.5) is 0 Å². The fraction of sp³-hybridized carbons (Fsp3) is 0.316. The van der Waals surface area contributed by atoms with E-state index in [1.54, 1.807) is 0 Å². The van der Waals surface area contributed by atoms with Gasteiger partial charge < -0.3 is 9.32 Å². The number of nitrogens with zero attached hydrogens (tertiary/aromatic N) is 3. The largest absolute Gasteiger partial charge is 0.421 e. The van der Waals surface area contributed by atoms with Gasteiger partial charge in [0.15, 0.2) is 0 Å². The van der Waals surface area contributed by atoms with Gasteiger partial charge >= 0.3 is 0 Å². The average molecular weight is 390 g/mol. The van der Waals surface area contributed by atoms with E-state index in [1.165, 1.54) is 11.3 Å². The summed E-state index contributed by atoms with van der Waals surface area (Å²) in [7, 11) is 0. The van der Waals surface area contributed by atoms with Crippen LogP contribution in [-0.2, 0) is 17.8 Å². The summed E-state index contributed by atoms with van der Waals surface area (Å²) >= 11 is 7.46. The first kappa shape index (κ1) is 18.6. The molecule has 0 radical (unpaired) electrons. The number of carbonyl (C=O) groups is 1. The minimum atomic E-state index is 0.125. The van der Waals surface area contributed by atoms with Gasteiger partial charge in [-0.1, -0.05) is 29.8 Å². The molecule has 0 fully saturated rings. The van der Waals surface area contributed by atoms with Gasteiger partial charge in [0.05, 0.1) is 10.9 Å². The maximum absolute atomic E-state index is 12.4. The lowest BCUT2D eigenvalue weighted by Crippen LogP contribution is -2.29. The highest BCUT2D eigenvalue weighted by molar-refractivity contribution is 7.16. The highest BCUT2D eigenvalue weighted by Crippen LogP contribution is 2.23. The molecule has 3 rings (SSSR count). The number of aryl methyl sites for hydroxylation is 1. The molecule has 2 heterocycles. The summed E-state index contributed by atoms with van der Waals surface area (Å²) in [5.74, 6) is 1.20. The van der Waals surface area contributed by atoms with E-state index < -0.39 is 0 Å². The standard InChI is InChI=1S/C19H20ClN3O2S/c1-2-23(13-15-11-12-16(20)26-15)18(24)10-6-9-17-21-22-19(25-17)14-7-4-3-5-8-14/h3-5,7-8,11-12H,2,6,9-10,13H2,1H3. The molecule has 0 saturated carbocycles. The van der Waals surface area contributed by atoms with Crippen LogP contribution in [0.3, 0.4) is 0 Å². The molecule has 0 aliphatic rings. The van der Waals surface area contributed by atoms with Crippen LogP contribution in [0.15, 0.2) is 46.9 Å². The summed E-state index contributed by atoms with van der Waals surface area (Å²) < 4.78 is 6.42. The molecular formula is C19H20ClN3O2S. The van der Waals surface area contributed by atoms with Gasteiger partial charge in [0.1, 0.15) is 0 Å². The maximum Gasteiger partial charge on any atom is 0.247 e. The molecule has 0 spiro atoms. The Morgan fingerprint density at radius 2 is 2.00 bits per heavy atom. The van der Waals surface area contributed by atoms with Gasteiger partial charge in [-0.05, 0) is 37.6 Å². The summed E-state index contributed by atoms with van der Waals surface area (Å²) in [6.45, 7) is 3.26. The first-order valence-electron chi connectivity index (χ1n) is 8.55. The van der Waals surface area contributed by atoms with E-state index in [4.69, 9.17) is 16.0 Å². The molecule has 1 aromatic carbocycles. The molecule has 0 aliphatic heterocycles. The third-order valence-corrected chi connectivity index (χ3v) is 5.19. The number of hydrogen-bond acceptors (Lipinski definition) is 5. The number of halogens is 1. The SMILES string of the molecule is CCN(Cc1ccc(Cl)s1)C(=O)CCCc1nnc(-c2ccccc2)o1. The molecule has 0 saturated heterocycles. The van der Waals surface area contributed by atoms with Crippen molar-refractivity contribution in [3.05, 3.63) is 57.6 Å². The van der Waals surface area contributed by atoms with Crippen molar-refractivity contribution in [3.63, 3.8) is 0 Å². The zero-order valence-electron chi connectivity index (χ0n) is 14.5. The lowest BCUT2D eigenvalue weighted by molar-refractivity contribution is -0.131. The monoisotopic (exact) mass is 389 g/mol. The van der Waals surface area contributed by atoms with Gasteiger partial charge in [-0.2, -0.15) is 0 Å². The minimum absolute atomic E-state index is 0.125. The highest BCUT2D eigenvalue weighted by Gasteiger charge is 2.14. The number of aromatic nitrogens is 2. The van der Waals surface area contributed by atoms with Gasteiger partial charge in [0.25, 0.3) is 0 Å². The highest BCUT2D eigenvalue weighted by atomic mass is 35.5. The summed E-state index contributed by atoms with van der Waals surface area (Å²) in [6.07, 6.45) is 1.72. The van der Waals surface area contributed by atoms with Crippen LogP contribution in [0.5, 0.6) is 0 Å². The Morgan fingerprint density at radius 3 is 2.69 bits per heavy atom. The minimum Gasteiger partial charge on any atom is -0.421 e. The van der Waals surface area contributed by atoms with E-state index in [0.29, 0.717) is 44.1 Å². The van der Waals surface area contributed by atoms with Crippen molar-refractivity contribution in [1.29, 1.82) is 0 Å². The topological polar surface area (TPSA) is 59.2 Å². The number of thiophene rings is 1. The van der Waals surface area contributed by atoms with Crippen molar-refractivity contribution in [1.82, 2.24) is 15.1 Å². The van der Waals surface area contributed by atoms with Crippen LogP contribution in [-0.4, -0.2) is 27.5 Å². The molecule has 136 valence electrons. The zero-order chi connectivity index (χ0) is 18.4. The van der Waals surface area contributed by atoms with Crippen molar-refractivity contribution < 1.29 is 9.21 Å². The predicted octanol–water partition coefficient (Wildman–Crippen LogP) is 4.82. The summed E-state index contributed by atoms with van der Waals surface area (Å²) in [5.41, 5.74) is 0.897. The zero-order valence-corrected chi connectivity index (χ0v) is 16.1. The Bertz CT molecular complexity index is 847. The van der Waals surface area contributed by atoms with Crippen molar-refractivity contribution >= 4 is 28.8 Å². The molecule has 5 nitrogen and oxygen atoms in total. The predicted molar refractivity (Wildman–Crippen MR) is 103 cm³/mol. The molecule has 1 amide bonds. The van der Waals surface area contributed by atoms with Gasteiger partial charge in [-0.3, -0.25) is 4.79 Å². The van der Waals surface area contributed by atoms with Gasteiger partial charge in [0, 0.05) is 29.8 Å². The third kappa shape index (κ3) is 4.93. The first-order chi connectivity index (χ1) is 12.7. The Morgan fingerprint density at radius 1 is 1.19 bits per heavy atom. The second kappa shape index (κ2) is 8.96. The van der Waals surface area contributed by atoms with Crippen molar-refractivity contribution in [3.8, 4) is 11.5 Å². The van der Waals surface area contributed by atoms with Gasteiger partial charge in [-0.15, -0.1) is 21.5 Å². The molecule has 7 heteroatoms. The van der Waals surface area contributed by atoms with Crippen LogP contribution >= 0.6 is 22.9 Å². The first-order valence-corrected chi connectivity index (χ1v) is 9.75. The van der Waals surface area contributed by atoms with Gasteiger partial charge in [0.2, 0.25) is 17.7 Å². The average Bonchev–Trinajstić information content (AvgIpc) is 3.29. The summed E-state index contributed by atoms with van der Waals surface area (Å²) in [4.78, 5) is 15.4. The molecule has 0 unspecified atom stereocenters. The normalized spacial score (nSPS) is 10.8. The molecule has 0 N–H and O–H groups in total. The smallest absolute Gasteiger partial charge is 0.247 e. The Balaban J connectivity index is 1.49. The molecule has 0 atom stereocenters. The second-order valence-electron chi connectivity index (χ2n) is 5.83. The van der Waals surface area contributed by atoms with Crippen molar-refractivity contribution in [2.45, 2.75) is 32.7 Å². The van der Waals surface area contributed by atoms with Crippen LogP contribution in [0, 0.1) is 0 Å². The lowest BCUT2D eigenvalue weighted by atomic mass is 10.2. The maximum atomic E-state index is 12.4. The van der Waals surface area contributed by atoms with E-state index in [0.717, 1.165) is 14.8 Å². The lowest BCUT2D eigenvalue weighted by Gasteiger charge is -2.20.